The lowest BCUT2D eigenvalue weighted by atomic mass is 9.97. The number of aryl methyl sites for hydroxylation is 1. The lowest BCUT2D eigenvalue weighted by Crippen LogP contribution is -2.31. The van der Waals surface area contributed by atoms with Gasteiger partial charge < -0.3 is 18.6 Å². The predicted octanol–water partition coefficient (Wildman–Crippen LogP) is 4.85. The van der Waals surface area contributed by atoms with Crippen LogP contribution in [0.4, 0.5) is 0 Å². The Labute approximate surface area is 184 Å². The third-order valence-electron chi connectivity index (χ3n) is 6.00. The molecule has 6 nitrogen and oxygen atoms in total. The summed E-state index contributed by atoms with van der Waals surface area (Å²) in [5, 5.41) is 0.917. The maximum absolute atomic E-state index is 12.3. The zero-order valence-electron chi connectivity index (χ0n) is 17.6. The summed E-state index contributed by atoms with van der Waals surface area (Å²) in [5.41, 5.74) is 5.14. The van der Waals surface area contributed by atoms with Crippen LogP contribution in [0.15, 0.2) is 69.9 Å². The van der Waals surface area contributed by atoms with E-state index in [-0.39, 0.29) is 12.4 Å². The maximum Gasteiger partial charge on any atom is 0.336 e. The molecule has 0 atom stereocenters. The first-order valence-electron chi connectivity index (χ1n) is 10.5. The number of ether oxygens (including phenoxy) is 3. The van der Waals surface area contributed by atoms with E-state index in [0.29, 0.717) is 12.3 Å². The van der Waals surface area contributed by atoms with Gasteiger partial charge in [0.1, 0.15) is 18.1 Å². The second-order valence-electron chi connectivity index (χ2n) is 8.16. The summed E-state index contributed by atoms with van der Waals surface area (Å²) < 4.78 is 22.7. The number of rotatable bonds is 3. The van der Waals surface area contributed by atoms with E-state index in [1.165, 1.54) is 0 Å². The molecule has 0 saturated carbocycles. The van der Waals surface area contributed by atoms with E-state index >= 15 is 0 Å². The molecule has 0 unspecified atom stereocenters. The highest BCUT2D eigenvalue weighted by molar-refractivity contribution is 5.96. The van der Waals surface area contributed by atoms with E-state index in [2.05, 4.69) is 17.0 Å². The minimum absolute atomic E-state index is 0.269. The zero-order valence-corrected chi connectivity index (χ0v) is 17.6. The van der Waals surface area contributed by atoms with Gasteiger partial charge in [0.05, 0.1) is 0 Å². The van der Waals surface area contributed by atoms with Crippen molar-refractivity contribution in [3.63, 3.8) is 0 Å². The molecule has 1 aromatic heterocycles. The summed E-state index contributed by atoms with van der Waals surface area (Å²) in [7, 11) is 0. The monoisotopic (exact) mass is 427 g/mol. The molecule has 0 N–H and O–H groups in total. The van der Waals surface area contributed by atoms with Crippen LogP contribution in [0.3, 0.4) is 0 Å². The summed E-state index contributed by atoms with van der Waals surface area (Å²) >= 11 is 0. The molecule has 0 saturated heterocycles. The fourth-order valence-corrected chi connectivity index (χ4v) is 4.52. The normalized spacial score (nSPS) is 14.9. The van der Waals surface area contributed by atoms with Crippen molar-refractivity contribution in [1.82, 2.24) is 4.90 Å². The summed E-state index contributed by atoms with van der Waals surface area (Å²) in [4.78, 5) is 14.5. The summed E-state index contributed by atoms with van der Waals surface area (Å²) in [6.45, 7) is 4.13. The average Bonchev–Trinajstić information content (AvgIpc) is 3.28. The molecule has 0 bridgehead atoms. The number of nitrogens with zero attached hydrogens (tertiary/aromatic N) is 1. The fourth-order valence-electron chi connectivity index (χ4n) is 4.52. The van der Waals surface area contributed by atoms with Gasteiger partial charge in [-0.2, -0.15) is 0 Å². The van der Waals surface area contributed by atoms with Crippen LogP contribution in [0.5, 0.6) is 17.2 Å². The first-order valence-corrected chi connectivity index (χ1v) is 10.5. The van der Waals surface area contributed by atoms with Crippen LogP contribution in [0.1, 0.15) is 16.7 Å². The first kappa shape index (κ1) is 19.0. The Morgan fingerprint density at radius 1 is 0.938 bits per heavy atom. The van der Waals surface area contributed by atoms with Crippen LogP contribution >= 0.6 is 0 Å². The molecule has 0 aliphatic carbocycles. The molecule has 0 fully saturated rings. The number of hydrogen-bond donors (Lipinski definition) is 0. The molecular formula is C26H21NO5. The molecule has 2 aliphatic rings. The number of fused-ring (bicyclic) bond motifs is 3. The Kier molecular flexibility index (Phi) is 4.40. The molecule has 3 aromatic carbocycles. The standard InChI is InChI=1S/C26H21NO5/c1-16-25-19(10-21-20(11-24(28)32-26(16)21)18-5-3-2-4-6-18)13-27(14-29-25)12-17-7-8-22-23(9-17)31-15-30-22/h2-11H,12-15H2,1H3. The summed E-state index contributed by atoms with van der Waals surface area (Å²) in [5.74, 6) is 2.36. The first-order chi connectivity index (χ1) is 15.7. The van der Waals surface area contributed by atoms with Crippen molar-refractivity contribution in [3.05, 3.63) is 87.8 Å². The summed E-state index contributed by atoms with van der Waals surface area (Å²) in [6.07, 6.45) is 0. The minimum atomic E-state index is -0.361. The molecule has 6 heteroatoms. The lowest BCUT2D eigenvalue weighted by molar-refractivity contribution is 0.0880. The third-order valence-corrected chi connectivity index (χ3v) is 6.00. The van der Waals surface area contributed by atoms with Crippen LogP contribution in [-0.2, 0) is 13.1 Å². The highest BCUT2D eigenvalue weighted by Gasteiger charge is 2.24. The molecular weight excluding hydrogens is 406 g/mol. The Morgan fingerprint density at radius 2 is 1.78 bits per heavy atom. The van der Waals surface area contributed by atoms with Gasteiger partial charge in [-0.3, -0.25) is 4.90 Å². The largest absolute Gasteiger partial charge is 0.477 e. The van der Waals surface area contributed by atoms with Gasteiger partial charge in [0.2, 0.25) is 6.79 Å². The number of hydrogen-bond acceptors (Lipinski definition) is 6. The SMILES string of the molecule is Cc1c2c(cc3c(-c4ccccc4)cc(=O)oc13)CN(Cc1ccc3c(c1)OCO3)CO2. The number of benzene rings is 3. The lowest BCUT2D eigenvalue weighted by Gasteiger charge is -2.30. The molecule has 0 radical (unpaired) electrons. The van der Waals surface area contributed by atoms with Gasteiger partial charge in [0.25, 0.3) is 0 Å². The Balaban J connectivity index is 1.38. The van der Waals surface area contributed by atoms with Crippen molar-refractivity contribution < 1.29 is 18.6 Å². The van der Waals surface area contributed by atoms with E-state index < -0.39 is 0 Å². The van der Waals surface area contributed by atoms with Crippen LogP contribution in [-0.4, -0.2) is 18.4 Å². The smallest absolute Gasteiger partial charge is 0.336 e. The van der Waals surface area contributed by atoms with Crippen LogP contribution in [0, 0.1) is 6.92 Å². The van der Waals surface area contributed by atoms with Gasteiger partial charge in [0, 0.05) is 35.7 Å². The Bertz CT molecular complexity index is 1390. The van der Waals surface area contributed by atoms with Crippen LogP contribution in [0.2, 0.25) is 0 Å². The highest BCUT2D eigenvalue weighted by atomic mass is 16.7. The van der Waals surface area contributed by atoms with Crippen molar-refractivity contribution in [2.45, 2.75) is 20.0 Å². The van der Waals surface area contributed by atoms with Gasteiger partial charge in [-0.25, -0.2) is 4.79 Å². The van der Waals surface area contributed by atoms with Crippen molar-refractivity contribution in [2.24, 2.45) is 0 Å². The van der Waals surface area contributed by atoms with Crippen molar-refractivity contribution >= 4 is 11.0 Å². The zero-order chi connectivity index (χ0) is 21.7. The van der Waals surface area contributed by atoms with Crippen molar-refractivity contribution in [2.75, 3.05) is 13.5 Å². The minimum Gasteiger partial charge on any atom is -0.477 e. The average molecular weight is 427 g/mol. The van der Waals surface area contributed by atoms with E-state index in [1.54, 1.807) is 6.07 Å². The summed E-state index contributed by atoms with van der Waals surface area (Å²) in [6, 6.07) is 19.6. The molecule has 0 amide bonds. The van der Waals surface area contributed by atoms with Crippen LogP contribution in [0.25, 0.3) is 22.1 Å². The Hall–Kier alpha value is -3.77. The van der Waals surface area contributed by atoms with Gasteiger partial charge in [-0.05, 0) is 41.8 Å². The maximum atomic E-state index is 12.3. The van der Waals surface area contributed by atoms with E-state index in [9.17, 15) is 4.79 Å². The third kappa shape index (κ3) is 3.20. The van der Waals surface area contributed by atoms with Crippen LogP contribution < -0.4 is 19.8 Å². The molecule has 160 valence electrons. The fraction of sp³-hybridized carbons (Fsp3) is 0.192. The quantitative estimate of drug-likeness (QED) is 0.436. The molecule has 6 rings (SSSR count). The molecule has 0 spiro atoms. The molecule has 4 aromatic rings. The van der Waals surface area contributed by atoms with Gasteiger partial charge in [-0.15, -0.1) is 0 Å². The van der Waals surface area contributed by atoms with Gasteiger partial charge in [0.15, 0.2) is 11.5 Å². The van der Waals surface area contributed by atoms with Crippen molar-refractivity contribution in [1.29, 1.82) is 0 Å². The topological polar surface area (TPSA) is 61.1 Å². The Morgan fingerprint density at radius 3 is 2.66 bits per heavy atom. The molecule has 2 aliphatic heterocycles. The second-order valence-corrected chi connectivity index (χ2v) is 8.16. The molecule has 32 heavy (non-hydrogen) atoms. The van der Waals surface area contributed by atoms with E-state index in [1.807, 2.05) is 49.4 Å². The highest BCUT2D eigenvalue weighted by Crippen LogP contribution is 2.39. The van der Waals surface area contributed by atoms with Crippen molar-refractivity contribution in [3.8, 4) is 28.4 Å². The van der Waals surface area contributed by atoms with E-state index in [0.717, 1.165) is 63.5 Å². The second kappa shape index (κ2) is 7.43. The van der Waals surface area contributed by atoms with Gasteiger partial charge in [-0.1, -0.05) is 36.4 Å². The van der Waals surface area contributed by atoms with E-state index in [4.69, 9.17) is 18.6 Å². The van der Waals surface area contributed by atoms with Gasteiger partial charge >= 0.3 is 5.63 Å². The predicted molar refractivity (Wildman–Crippen MR) is 120 cm³/mol. The molecule has 3 heterocycles.